The standard InChI is InChI=1S/C26H15NO2S/c28-27(29)26-21-11-4-2-8-18(21)17-7-1-3-10-20(17)25(26)16-13-14-24-22(15-16)19-9-5-6-12-23(19)30-24/h1-15H. The van der Waals surface area contributed by atoms with Gasteiger partial charge in [0.25, 0.3) is 5.69 Å². The molecule has 0 saturated carbocycles. The Labute approximate surface area is 176 Å². The molecule has 5 aromatic carbocycles. The van der Waals surface area contributed by atoms with E-state index < -0.39 is 0 Å². The molecular formula is C26H15NO2S. The average Bonchev–Trinajstić information content (AvgIpc) is 3.16. The SMILES string of the molecule is O=[N+]([O-])c1c(-c2ccc3sc4ccccc4c3c2)c2ccccc2c2ccccc12. The molecule has 6 aromatic rings. The van der Waals surface area contributed by atoms with Crippen LogP contribution in [0.3, 0.4) is 0 Å². The summed E-state index contributed by atoms with van der Waals surface area (Å²) in [5.41, 5.74) is 1.73. The van der Waals surface area contributed by atoms with Gasteiger partial charge in [0.1, 0.15) is 0 Å². The Balaban J connectivity index is 1.80. The lowest BCUT2D eigenvalue weighted by Gasteiger charge is -2.12. The van der Waals surface area contributed by atoms with Gasteiger partial charge in [-0.3, -0.25) is 10.1 Å². The third kappa shape index (κ3) is 2.38. The number of hydrogen-bond donors (Lipinski definition) is 0. The molecule has 142 valence electrons. The predicted octanol–water partition coefficient (Wildman–Crippen LogP) is 7.94. The molecule has 0 radical (unpaired) electrons. The molecule has 0 bridgehead atoms. The van der Waals surface area contributed by atoms with Gasteiger partial charge in [-0.1, -0.05) is 66.7 Å². The molecule has 0 saturated heterocycles. The van der Waals surface area contributed by atoms with Crippen molar-refractivity contribution >= 4 is 58.7 Å². The van der Waals surface area contributed by atoms with Crippen LogP contribution in [-0.4, -0.2) is 4.92 Å². The first-order chi connectivity index (χ1) is 14.7. The molecule has 4 heteroatoms. The number of hydrogen-bond acceptors (Lipinski definition) is 3. The summed E-state index contributed by atoms with van der Waals surface area (Å²) in [4.78, 5) is 12.1. The second-order valence-corrected chi connectivity index (χ2v) is 8.46. The molecule has 3 nitrogen and oxygen atoms in total. The van der Waals surface area contributed by atoms with Crippen molar-refractivity contribution in [3.8, 4) is 11.1 Å². The Morgan fingerprint density at radius 3 is 1.90 bits per heavy atom. The Hall–Kier alpha value is -3.76. The molecule has 0 fully saturated rings. The molecule has 0 spiro atoms. The minimum Gasteiger partial charge on any atom is -0.258 e. The summed E-state index contributed by atoms with van der Waals surface area (Å²) in [6.07, 6.45) is 0. The summed E-state index contributed by atoms with van der Waals surface area (Å²) >= 11 is 1.75. The van der Waals surface area contributed by atoms with Crippen LogP contribution in [0.5, 0.6) is 0 Å². The summed E-state index contributed by atoms with van der Waals surface area (Å²) in [5, 5.41) is 18.1. The normalized spacial score (nSPS) is 11.6. The number of benzene rings is 5. The zero-order valence-electron chi connectivity index (χ0n) is 15.8. The Kier molecular flexibility index (Phi) is 3.64. The molecule has 30 heavy (non-hydrogen) atoms. The van der Waals surface area contributed by atoms with E-state index in [9.17, 15) is 10.1 Å². The highest BCUT2D eigenvalue weighted by Crippen LogP contribution is 2.45. The van der Waals surface area contributed by atoms with Crippen LogP contribution in [0.15, 0.2) is 91.0 Å². The maximum atomic E-state index is 12.3. The minimum atomic E-state index is -0.236. The maximum Gasteiger partial charge on any atom is 0.285 e. The third-order valence-electron chi connectivity index (χ3n) is 5.75. The highest BCUT2D eigenvalue weighted by Gasteiger charge is 2.24. The molecule has 6 rings (SSSR count). The summed E-state index contributed by atoms with van der Waals surface area (Å²) in [7, 11) is 0. The quantitative estimate of drug-likeness (QED) is 0.167. The number of thiophene rings is 1. The average molecular weight is 405 g/mol. The molecular weight excluding hydrogens is 390 g/mol. The number of nitro groups is 1. The lowest BCUT2D eigenvalue weighted by Crippen LogP contribution is -1.96. The van der Waals surface area contributed by atoms with E-state index in [2.05, 4.69) is 24.3 Å². The van der Waals surface area contributed by atoms with E-state index in [0.717, 1.165) is 27.1 Å². The van der Waals surface area contributed by atoms with Gasteiger partial charge in [-0.15, -0.1) is 11.3 Å². The molecule has 0 N–H and O–H groups in total. The third-order valence-corrected chi connectivity index (χ3v) is 6.91. The van der Waals surface area contributed by atoms with Crippen molar-refractivity contribution < 1.29 is 4.92 Å². The second kappa shape index (κ2) is 6.37. The molecule has 0 aliphatic carbocycles. The molecule has 0 aliphatic heterocycles. The van der Waals surface area contributed by atoms with Crippen molar-refractivity contribution in [1.29, 1.82) is 0 Å². The van der Waals surface area contributed by atoms with Gasteiger partial charge < -0.3 is 0 Å². The highest BCUT2D eigenvalue weighted by molar-refractivity contribution is 7.25. The van der Waals surface area contributed by atoms with Crippen LogP contribution in [0.25, 0.3) is 52.8 Å². The summed E-state index contributed by atoms with van der Waals surface area (Å²) in [5.74, 6) is 0. The molecule has 1 aromatic heterocycles. The summed E-state index contributed by atoms with van der Waals surface area (Å²) in [6.45, 7) is 0. The van der Waals surface area contributed by atoms with E-state index in [1.54, 1.807) is 11.3 Å². The Morgan fingerprint density at radius 2 is 1.17 bits per heavy atom. The van der Waals surface area contributed by atoms with Crippen LogP contribution in [0.4, 0.5) is 5.69 Å². The van der Waals surface area contributed by atoms with E-state index in [-0.39, 0.29) is 10.6 Å². The largest absolute Gasteiger partial charge is 0.285 e. The van der Waals surface area contributed by atoms with Crippen molar-refractivity contribution in [2.75, 3.05) is 0 Å². The van der Waals surface area contributed by atoms with Gasteiger partial charge in [-0.25, -0.2) is 0 Å². The first-order valence-electron chi connectivity index (χ1n) is 9.72. The molecule has 0 aliphatic rings. The maximum absolute atomic E-state index is 12.3. The fourth-order valence-corrected chi connectivity index (χ4v) is 5.57. The van der Waals surface area contributed by atoms with Gasteiger partial charge in [0, 0.05) is 20.2 Å². The van der Waals surface area contributed by atoms with Crippen LogP contribution < -0.4 is 0 Å². The van der Waals surface area contributed by atoms with E-state index in [1.807, 2.05) is 66.7 Å². The first-order valence-corrected chi connectivity index (χ1v) is 10.5. The summed E-state index contributed by atoms with van der Waals surface area (Å²) < 4.78 is 2.41. The fraction of sp³-hybridized carbons (Fsp3) is 0. The van der Waals surface area contributed by atoms with Crippen LogP contribution in [0.1, 0.15) is 0 Å². The summed E-state index contributed by atoms with van der Waals surface area (Å²) in [6, 6.07) is 30.1. The van der Waals surface area contributed by atoms with Crippen molar-refractivity contribution in [3.05, 3.63) is 101 Å². The zero-order chi connectivity index (χ0) is 20.2. The first kappa shape index (κ1) is 17.1. The number of fused-ring (bicyclic) bond motifs is 6. The smallest absolute Gasteiger partial charge is 0.258 e. The van der Waals surface area contributed by atoms with Crippen LogP contribution in [0, 0.1) is 10.1 Å². The van der Waals surface area contributed by atoms with E-state index >= 15 is 0 Å². The highest BCUT2D eigenvalue weighted by atomic mass is 32.1. The van der Waals surface area contributed by atoms with Gasteiger partial charge in [-0.2, -0.15) is 0 Å². The minimum absolute atomic E-state index is 0.170. The predicted molar refractivity (Wildman–Crippen MR) is 126 cm³/mol. The van der Waals surface area contributed by atoms with Crippen LogP contribution in [0.2, 0.25) is 0 Å². The molecule has 1 heterocycles. The van der Waals surface area contributed by atoms with Crippen molar-refractivity contribution in [2.24, 2.45) is 0 Å². The van der Waals surface area contributed by atoms with Crippen molar-refractivity contribution in [3.63, 3.8) is 0 Å². The Morgan fingerprint density at radius 1 is 0.600 bits per heavy atom. The molecule has 0 atom stereocenters. The van der Waals surface area contributed by atoms with E-state index in [1.165, 1.54) is 14.8 Å². The number of nitrogens with zero attached hydrogens (tertiary/aromatic N) is 1. The fourth-order valence-electron chi connectivity index (χ4n) is 4.49. The van der Waals surface area contributed by atoms with Gasteiger partial charge in [0.05, 0.1) is 15.9 Å². The lowest BCUT2D eigenvalue weighted by molar-refractivity contribution is -0.382. The molecule has 0 amide bonds. The topological polar surface area (TPSA) is 43.1 Å². The molecule has 0 unspecified atom stereocenters. The van der Waals surface area contributed by atoms with Gasteiger partial charge in [0.2, 0.25) is 0 Å². The van der Waals surface area contributed by atoms with Crippen molar-refractivity contribution in [2.45, 2.75) is 0 Å². The number of rotatable bonds is 2. The lowest BCUT2D eigenvalue weighted by atomic mass is 9.90. The van der Waals surface area contributed by atoms with Crippen LogP contribution >= 0.6 is 11.3 Å². The van der Waals surface area contributed by atoms with Gasteiger partial charge >= 0.3 is 0 Å². The Bertz CT molecular complexity index is 1630. The van der Waals surface area contributed by atoms with Crippen molar-refractivity contribution in [1.82, 2.24) is 0 Å². The van der Waals surface area contributed by atoms with E-state index in [0.29, 0.717) is 10.9 Å². The zero-order valence-corrected chi connectivity index (χ0v) is 16.6. The number of nitro benzene ring substituents is 1. The monoisotopic (exact) mass is 405 g/mol. The second-order valence-electron chi connectivity index (χ2n) is 7.38. The van der Waals surface area contributed by atoms with Gasteiger partial charge in [0.15, 0.2) is 0 Å². The van der Waals surface area contributed by atoms with Gasteiger partial charge in [-0.05, 0) is 46.0 Å². The van der Waals surface area contributed by atoms with Crippen LogP contribution in [-0.2, 0) is 0 Å². The van der Waals surface area contributed by atoms with E-state index in [4.69, 9.17) is 0 Å².